The Morgan fingerprint density at radius 3 is 2.50 bits per heavy atom. The minimum atomic E-state index is -0.386. The average Bonchev–Trinajstić information content (AvgIpc) is 2.97. The van der Waals surface area contributed by atoms with Gasteiger partial charge in [0.15, 0.2) is 0 Å². The lowest BCUT2D eigenvalue weighted by Gasteiger charge is -2.21. The van der Waals surface area contributed by atoms with E-state index < -0.39 is 0 Å². The third kappa shape index (κ3) is 3.51. The molecule has 4 nitrogen and oxygen atoms in total. The second kappa shape index (κ2) is 7.41. The van der Waals surface area contributed by atoms with Crippen LogP contribution in [0.2, 0.25) is 5.02 Å². The first kappa shape index (κ1) is 18.9. The summed E-state index contributed by atoms with van der Waals surface area (Å²) in [5.74, 6) is -0.565. The molecule has 26 heavy (non-hydrogen) atoms. The van der Waals surface area contributed by atoms with Gasteiger partial charge in [-0.3, -0.25) is 9.59 Å². The summed E-state index contributed by atoms with van der Waals surface area (Å²) in [6.07, 6.45) is 0.211. The van der Waals surface area contributed by atoms with Gasteiger partial charge >= 0.3 is 0 Å². The number of halogens is 2. The van der Waals surface area contributed by atoms with Crippen LogP contribution in [0.3, 0.4) is 0 Å². The first-order valence-electron chi connectivity index (χ1n) is 8.41. The zero-order chi connectivity index (χ0) is 19.0. The van der Waals surface area contributed by atoms with E-state index in [9.17, 15) is 9.59 Å². The van der Waals surface area contributed by atoms with Crippen LogP contribution in [-0.2, 0) is 9.59 Å². The third-order valence-electron chi connectivity index (χ3n) is 4.80. The average molecular weight is 436 g/mol. The number of hydrogen-bond acceptors (Lipinski definition) is 2. The van der Waals surface area contributed by atoms with E-state index >= 15 is 0 Å². The van der Waals surface area contributed by atoms with Crippen LogP contribution >= 0.6 is 27.5 Å². The van der Waals surface area contributed by atoms with Gasteiger partial charge in [0.2, 0.25) is 11.8 Å². The molecule has 1 aliphatic heterocycles. The maximum atomic E-state index is 12.7. The fourth-order valence-corrected chi connectivity index (χ4v) is 3.95. The number of aryl methyl sites for hydroxylation is 2. The van der Waals surface area contributed by atoms with Crippen molar-refractivity contribution in [2.45, 2.75) is 27.2 Å². The van der Waals surface area contributed by atoms with Crippen LogP contribution < -0.4 is 10.2 Å². The number of carbonyl (C=O) groups excluding carboxylic acids is 2. The lowest BCUT2D eigenvalue weighted by Crippen LogP contribution is -2.29. The van der Waals surface area contributed by atoms with Crippen LogP contribution in [0, 0.1) is 26.7 Å². The summed E-state index contributed by atoms with van der Waals surface area (Å²) >= 11 is 9.60. The molecule has 1 aliphatic rings. The van der Waals surface area contributed by atoms with Crippen molar-refractivity contribution in [2.24, 2.45) is 5.92 Å². The van der Waals surface area contributed by atoms with Gasteiger partial charge in [-0.2, -0.15) is 0 Å². The summed E-state index contributed by atoms with van der Waals surface area (Å²) in [6.45, 7) is 6.21. The third-order valence-corrected chi connectivity index (χ3v) is 6.18. The Morgan fingerprint density at radius 2 is 1.85 bits per heavy atom. The van der Waals surface area contributed by atoms with E-state index in [1.165, 1.54) is 0 Å². The minimum absolute atomic E-state index is 0.0203. The van der Waals surface area contributed by atoms with E-state index in [2.05, 4.69) is 21.2 Å². The molecule has 2 aromatic carbocycles. The van der Waals surface area contributed by atoms with E-state index in [1.807, 2.05) is 45.0 Å². The van der Waals surface area contributed by atoms with Crippen LogP contribution in [0.1, 0.15) is 23.1 Å². The SMILES string of the molecule is Cc1cccc(C)c1N1C[C@H](C(=O)Nc2ccc(Br)c(Cl)c2C)CC1=O. The molecule has 0 bridgehead atoms. The highest BCUT2D eigenvalue weighted by Crippen LogP contribution is 2.33. The smallest absolute Gasteiger partial charge is 0.229 e. The van der Waals surface area contributed by atoms with Crippen LogP contribution in [0.25, 0.3) is 0 Å². The van der Waals surface area contributed by atoms with Gasteiger partial charge < -0.3 is 10.2 Å². The number of anilines is 2. The first-order chi connectivity index (χ1) is 12.3. The summed E-state index contributed by atoms with van der Waals surface area (Å²) in [4.78, 5) is 27.0. The molecular weight excluding hydrogens is 416 g/mol. The molecule has 136 valence electrons. The van der Waals surface area contributed by atoms with E-state index in [0.717, 1.165) is 26.9 Å². The van der Waals surface area contributed by atoms with Gasteiger partial charge in [0.05, 0.1) is 10.9 Å². The molecular formula is C20H20BrClN2O2. The Labute approximate surface area is 166 Å². The Hall–Kier alpha value is -1.85. The lowest BCUT2D eigenvalue weighted by molar-refractivity contribution is -0.122. The van der Waals surface area contributed by atoms with Gasteiger partial charge in [-0.1, -0.05) is 29.8 Å². The standard InChI is InChI=1S/C20H20BrClN2O2/c1-11-5-4-6-12(2)19(11)24-10-14(9-17(24)25)20(26)23-16-8-7-15(21)18(22)13(16)3/h4-8,14H,9-10H2,1-3H3,(H,23,26)/t14-/m1/s1. The van der Waals surface area contributed by atoms with Crippen molar-refractivity contribution >= 4 is 50.7 Å². The summed E-state index contributed by atoms with van der Waals surface area (Å²) < 4.78 is 0.784. The van der Waals surface area contributed by atoms with Gasteiger partial charge in [0, 0.05) is 28.8 Å². The number of nitrogens with zero attached hydrogens (tertiary/aromatic N) is 1. The molecule has 1 saturated heterocycles. The van der Waals surface area contributed by atoms with Crippen molar-refractivity contribution in [2.75, 3.05) is 16.8 Å². The minimum Gasteiger partial charge on any atom is -0.325 e. The van der Waals surface area contributed by atoms with Gasteiger partial charge in [-0.05, 0) is 65.5 Å². The Kier molecular flexibility index (Phi) is 5.39. The summed E-state index contributed by atoms with van der Waals surface area (Å²) in [6, 6.07) is 9.54. The molecule has 1 atom stereocenters. The van der Waals surface area contributed by atoms with Crippen molar-refractivity contribution in [3.8, 4) is 0 Å². The number of benzene rings is 2. The number of amides is 2. The fourth-order valence-electron chi connectivity index (χ4n) is 3.35. The predicted molar refractivity (Wildman–Crippen MR) is 109 cm³/mol. The highest BCUT2D eigenvalue weighted by molar-refractivity contribution is 9.10. The normalized spacial score (nSPS) is 16.9. The van der Waals surface area contributed by atoms with Gasteiger partial charge in [-0.15, -0.1) is 0 Å². The summed E-state index contributed by atoms with van der Waals surface area (Å²) in [5, 5.41) is 3.49. The second-order valence-corrected chi connectivity index (χ2v) is 7.90. The number of hydrogen-bond donors (Lipinski definition) is 1. The van der Waals surface area contributed by atoms with Crippen LogP contribution in [0.4, 0.5) is 11.4 Å². The summed E-state index contributed by atoms with van der Waals surface area (Å²) in [5.41, 5.74) is 4.45. The van der Waals surface area contributed by atoms with Crippen LogP contribution in [-0.4, -0.2) is 18.4 Å². The van der Waals surface area contributed by atoms with Gasteiger partial charge in [-0.25, -0.2) is 0 Å². The van der Waals surface area contributed by atoms with Crippen molar-refractivity contribution in [3.63, 3.8) is 0 Å². The van der Waals surface area contributed by atoms with E-state index in [4.69, 9.17) is 11.6 Å². The molecule has 1 fully saturated rings. The molecule has 3 rings (SSSR count). The van der Waals surface area contributed by atoms with Crippen LogP contribution in [0.15, 0.2) is 34.8 Å². The Bertz CT molecular complexity index is 877. The Balaban J connectivity index is 1.79. The van der Waals surface area contributed by atoms with Crippen molar-refractivity contribution in [1.29, 1.82) is 0 Å². The largest absolute Gasteiger partial charge is 0.325 e. The molecule has 0 saturated carbocycles. The highest BCUT2D eigenvalue weighted by Gasteiger charge is 2.36. The second-order valence-electron chi connectivity index (χ2n) is 6.67. The zero-order valence-electron chi connectivity index (χ0n) is 14.9. The van der Waals surface area contributed by atoms with Crippen molar-refractivity contribution in [1.82, 2.24) is 0 Å². The zero-order valence-corrected chi connectivity index (χ0v) is 17.2. The maximum Gasteiger partial charge on any atom is 0.229 e. The van der Waals surface area contributed by atoms with Crippen molar-refractivity contribution in [3.05, 3.63) is 56.5 Å². The molecule has 1 heterocycles. The van der Waals surface area contributed by atoms with Crippen LogP contribution in [0.5, 0.6) is 0 Å². The van der Waals surface area contributed by atoms with Gasteiger partial charge in [0.25, 0.3) is 0 Å². The molecule has 6 heteroatoms. The molecule has 1 N–H and O–H groups in total. The molecule has 0 aromatic heterocycles. The topological polar surface area (TPSA) is 49.4 Å². The maximum absolute atomic E-state index is 12.7. The predicted octanol–water partition coefficient (Wildman–Crippen LogP) is 5.02. The quantitative estimate of drug-likeness (QED) is 0.736. The molecule has 2 amide bonds. The molecule has 2 aromatic rings. The Morgan fingerprint density at radius 1 is 1.19 bits per heavy atom. The van der Waals surface area contributed by atoms with E-state index in [1.54, 1.807) is 11.0 Å². The van der Waals surface area contributed by atoms with Crippen molar-refractivity contribution < 1.29 is 9.59 Å². The monoisotopic (exact) mass is 434 g/mol. The first-order valence-corrected chi connectivity index (χ1v) is 9.58. The fraction of sp³-hybridized carbons (Fsp3) is 0.300. The molecule has 0 aliphatic carbocycles. The molecule has 0 radical (unpaired) electrons. The lowest BCUT2D eigenvalue weighted by atomic mass is 10.1. The van der Waals surface area contributed by atoms with Gasteiger partial charge in [0.1, 0.15) is 0 Å². The number of carbonyl (C=O) groups is 2. The molecule has 0 spiro atoms. The molecule has 0 unspecified atom stereocenters. The highest BCUT2D eigenvalue weighted by atomic mass is 79.9. The van der Waals surface area contributed by atoms with E-state index in [-0.39, 0.29) is 24.2 Å². The summed E-state index contributed by atoms with van der Waals surface area (Å²) in [7, 11) is 0. The van der Waals surface area contributed by atoms with E-state index in [0.29, 0.717) is 17.3 Å². The number of para-hydroxylation sites is 1. The number of rotatable bonds is 3. The number of nitrogens with one attached hydrogen (secondary N) is 1.